The Morgan fingerprint density at radius 2 is 1.86 bits per heavy atom. The second-order valence-corrected chi connectivity index (χ2v) is 5.22. The van der Waals surface area contributed by atoms with Crippen molar-refractivity contribution in [2.24, 2.45) is 0 Å². The zero-order chi connectivity index (χ0) is 15.4. The van der Waals surface area contributed by atoms with Crippen molar-refractivity contribution in [3.05, 3.63) is 65.0 Å². The summed E-state index contributed by atoms with van der Waals surface area (Å²) in [4.78, 5) is 14.3. The molecule has 3 heteroatoms. The molecule has 0 aliphatic rings. The Balaban J connectivity index is 2.18. The van der Waals surface area contributed by atoms with Gasteiger partial charge < -0.3 is 4.90 Å². The average molecular weight is 285 g/mol. The summed E-state index contributed by atoms with van der Waals surface area (Å²) in [5.74, 6) is -0.242. The van der Waals surface area contributed by atoms with Crippen LogP contribution in [0, 0.1) is 19.7 Å². The van der Waals surface area contributed by atoms with E-state index in [0.29, 0.717) is 12.1 Å². The Morgan fingerprint density at radius 3 is 2.48 bits per heavy atom. The van der Waals surface area contributed by atoms with Crippen molar-refractivity contribution in [2.45, 2.75) is 20.8 Å². The number of ketones is 1. The van der Waals surface area contributed by atoms with E-state index < -0.39 is 0 Å². The Bertz CT molecular complexity index is 651. The number of hydrogen-bond acceptors (Lipinski definition) is 2. The highest BCUT2D eigenvalue weighted by Gasteiger charge is 2.13. The molecule has 0 heterocycles. The first kappa shape index (κ1) is 15.2. The van der Waals surface area contributed by atoms with Gasteiger partial charge in [-0.05, 0) is 56.2 Å². The van der Waals surface area contributed by atoms with Gasteiger partial charge in [0.05, 0.1) is 6.54 Å². The smallest absolute Gasteiger partial charge is 0.182 e. The fourth-order valence-electron chi connectivity index (χ4n) is 2.24. The largest absolute Gasteiger partial charge is 0.364 e. The van der Waals surface area contributed by atoms with Crippen LogP contribution in [0.4, 0.5) is 10.1 Å². The first-order chi connectivity index (χ1) is 10.0. The average Bonchev–Trinajstić information content (AvgIpc) is 2.47. The van der Waals surface area contributed by atoms with E-state index in [0.717, 1.165) is 11.3 Å². The third kappa shape index (κ3) is 3.69. The maximum Gasteiger partial charge on any atom is 0.182 e. The predicted molar refractivity (Wildman–Crippen MR) is 84.5 cm³/mol. The number of likely N-dealkylation sites (N-methyl/N-ethyl adjacent to an activating group) is 1. The van der Waals surface area contributed by atoms with Crippen LogP contribution in [-0.4, -0.2) is 18.9 Å². The fourth-order valence-corrected chi connectivity index (χ4v) is 2.24. The number of carbonyl (C=O) groups excluding carboxylic acids is 1. The summed E-state index contributed by atoms with van der Waals surface area (Å²) in [6.07, 6.45) is 0. The van der Waals surface area contributed by atoms with Crippen LogP contribution in [0.3, 0.4) is 0 Å². The van der Waals surface area contributed by atoms with E-state index >= 15 is 0 Å². The SMILES string of the molecule is CCN(CC(=O)c1ccc(C)c(C)c1)c1cccc(F)c1. The van der Waals surface area contributed by atoms with Gasteiger partial charge in [-0.3, -0.25) is 4.79 Å². The Labute approximate surface area is 125 Å². The molecule has 0 N–H and O–H groups in total. The maximum absolute atomic E-state index is 13.3. The molecule has 0 aliphatic heterocycles. The second kappa shape index (κ2) is 6.53. The minimum atomic E-state index is -0.287. The van der Waals surface area contributed by atoms with E-state index in [9.17, 15) is 9.18 Å². The van der Waals surface area contributed by atoms with Crippen molar-refractivity contribution in [2.75, 3.05) is 18.0 Å². The van der Waals surface area contributed by atoms with E-state index in [2.05, 4.69) is 0 Å². The molecule has 0 saturated carbocycles. The molecular formula is C18H20FNO. The summed E-state index contributed by atoms with van der Waals surface area (Å²) < 4.78 is 13.3. The van der Waals surface area contributed by atoms with Gasteiger partial charge in [0.15, 0.2) is 5.78 Å². The minimum Gasteiger partial charge on any atom is -0.364 e. The highest BCUT2D eigenvalue weighted by molar-refractivity contribution is 5.99. The zero-order valence-electron chi connectivity index (χ0n) is 12.7. The molecule has 0 unspecified atom stereocenters. The van der Waals surface area contributed by atoms with Crippen LogP contribution in [0.15, 0.2) is 42.5 Å². The molecule has 2 aromatic rings. The highest BCUT2D eigenvalue weighted by atomic mass is 19.1. The molecule has 110 valence electrons. The van der Waals surface area contributed by atoms with Crippen molar-refractivity contribution in [1.29, 1.82) is 0 Å². The van der Waals surface area contributed by atoms with Crippen molar-refractivity contribution in [3.63, 3.8) is 0 Å². The van der Waals surface area contributed by atoms with Crippen molar-refractivity contribution < 1.29 is 9.18 Å². The second-order valence-electron chi connectivity index (χ2n) is 5.22. The van der Waals surface area contributed by atoms with Crippen LogP contribution in [0.1, 0.15) is 28.4 Å². The molecule has 0 aliphatic carbocycles. The number of aryl methyl sites for hydroxylation is 2. The van der Waals surface area contributed by atoms with Gasteiger partial charge in [0.25, 0.3) is 0 Å². The van der Waals surface area contributed by atoms with Crippen LogP contribution in [0.25, 0.3) is 0 Å². The molecule has 0 saturated heterocycles. The number of carbonyl (C=O) groups is 1. The summed E-state index contributed by atoms with van der Waals surface area (Å²) in [5.41, 5.74) is 3.71. The molecule has 2 nitrogen and oxygen atoms in total. The molecule has 0 amide bonds. The van der Waals surface area contributed by atoms with E-state index in [1.165, 1.54) is 17.7 Å². The quantitative estimate of drug-likeness (QED) is 0.769. The van der Waals surface area contributed by atoms with Crippen molar-refractivity contribution >= 4 is 11.5 Å². The van der Waals surface area contributed by atoms with Crippen molar-refractivity contribution in [3.8, 4) is 0 Å². The third-order valence-electron chi connectivity index (χ3n) is 3.72. The number of rotatable bonds is 5. The molecule has 2 rings (SSSR count). The van der Waals surface area contributed by atoms with Crippen LogP contribution in [0.2, 0.25) is 0 Å². The number of nitrogens with zero attached hydrogens (tertiary/aromatic N) is 1. The zero-order valence-corrected chi connectivity index (χ0v) is 12.7. The summed E-state index contributed by atoms with van der Waals surface area (Å²) >= 11 is 0. The number of hydrogen-bond donors (Lipinski definition) is 0. The molecule has 0 aromatic heterocycles. The molecule has 0 spiro atoms. The first-order valence-electron chi connectivity index (χ1n) is 7.12. The monoisotopic (exact) mass is 285 g/mol. The summed E-state index contributed by atoms with van der Waals surface area (Å²) in [6.45, 7) is 6.88. The number of Topliss-reactive ketones (excluding diaryl/α,β-unsaturated/α-hetero) is 1. The molecule has 0 fully saturated rings. The lowest BCUT2D eigenvalue weighted by atomic mass is 10.0. The normalized spacial score (nSPS) is 10.5. The first-order valence-corrected chi connectivity index (χ1v) is 7.12. The Hall–Kier alpha value is -2.16. The lowest BCUT2D eigenvalue weighted by Crippen LogP contribution is -2.29. The molecule has 21 heavy (non-hydrogen) atoms. The fraction of sp³-hybridized carbons (Fsp3) is 0.278. The van der Waals surface area contributed by atoms with E-state index in [4.69, 9.17) is 0 Å². The van der Waals surface area contributed by atoms with Crippen molar-refractivity contribution in [1.82, 2.24) is 0 Å². The van der Waals surface area contributed by atoms with Gasteiger partial charge in [0.2, 0.25) is 0 Å². The van der Waals surface area contributed by atoms with Gasteiger partial charge in [0, 0.05) is 17.8 Å². The van der Waals surface area contributed by atoms with Crippen LogP contribution < -0.4 is 4.90 Å². The lowest BCUT2D eigenvalue weighted by Gasteiger charge is -2.22. The standard InChI is InChI=1S/C18H20FNO/c1-4-20(17-7-5-6-16(19)11-17)12-18(21)15-9-8-13(2)14(3)10-15/h5-11H,4,12H2,1-3H3. The Morgan fingerprint density at radius 1 is 1.10 bits per heavy atom. The third-order valence-corrected chi connectivity index (χ3v) is 3.72. The van der Waals surface area contributed by atoms with Gasteiger partial charge in [0.1, 0.15) is 5.82 Å². The topological polar surface area (TPSA) is 20.3 Å². The lowest BCUT2D eigenvalue weighted by molar-refractivity contribution is 0.0999. The van der Waals surface area contributed by atoms with Crippen LogP contribution >= 0.6 is 0 Å². The summed E-state index contributed by atoms with van der Waals surface area (Å²) in [5, 5.41) is 0. The van der Waals surface area contributed by atoms with E-state index in [1.54, 1.807) is 6.07 Å². The molecular weight excluding hydrogens is 265 g/mol. The van der Waals surface area contributed by atoms with Gasteiger partial charge in [-0.25, -0.2) is 4.39 Å². The molecule has 0 bridgehead atoms. The molecule has 0 atom stereocenters. The predicted octanol–water partition coefficient (Wildman–Crippen LogP) is 4.15. The highest BCUT2D eigenvalue weighted by Crippen LogP contribution is 2.17. The van der Waals surface area contributed by atoms with E-state index in [1.807, 2.05) is 49.9 Å². The Kier molecular flexibility index (Phi) is 4.73. The van der Waals surface area contributed by atoms with Gasteiger partial charge in [-0.2, -0.15) is 0 Å². The van der Waals surface area contributed by atoms with Gasteiger partial charge >= 0.3 is 0 Å². The minimum absolute atomic E-state index is 0.0456. The van der Waals surface area contributed by atoms with Gasteiger partial charge in [-0.15, -0.1) is 0 Å². The number of anilines is 1. The number of halogens is 1. The molecule has 2 aromatic carbocycles. The van der Waals surface area contributed by atoms with Crippen LogP contribution in [0.5, 0.6) is 0 Å². The van der Waals surface area contributed by atoms with Crippen LogP contribution in [-0.2, 0) is 0 Å². The molecule has 0 radical (unpaired) electrons. The number of benzene rings is 2. The van der Waals surface area contributed by atoms with Gasteiger partial charge in [-0.1, -0.05) is 18.2 Å². The van der Waals surface area contributed by atoms with E-state index in [-0.39, 0.29) is 18.1 Å². The summed E-state index contributed by atoms with van der Waals surface area (Å²) in [6, 6.07) is 12.1. The summed E-state index contributed by atoms with van der Waals surface area (Å²) in [7, 11) is 0. The maximum atomic E-state index is 13.3.